The van der Waals surface area contributed by atoms with Crippen LogP contribution in [0, 0.1) is 0 Å². The van der Waals surface area contributed by atoms with Crippen LogP contribution in [0.2, 0.25) is 0 Å². The van der Waals surface area contributed by atoms with Crippen LogP contribution in [0.15, 0.2) is 84.9 Å². The van der Waals surface area contributed by atoms with Crippen molar-refractivity contribution < 1.29 is 9.53 Å². The van der Waals surface area contributed by atoms with Gasteiger partial charge in [0.2, 0.25) is 0 Å². The van der Waals surface area contributed by atoms with Crippen molar-refractivity contribution in [3.8, 4) is 22.3 Å². The Labute approximate surface area is 156 Å². The maximum atomic E-state index is 12.3. The highest BCUT2D eigenvalue weighted by molar-refractivity contribution is 6.10. The number of hydrogen-bond acceptors (Lipinski definition) is 2. The second-order valence-electron chi connectivity index (χ2n) is 6.55. The lowest BCUT2D eigenvalue weighted by Gasteiger charge is -2.07. The Balaban J connectivity index is 1.96. The van der Waals surface area contributed by atoms with E-state index >= 15 is 0 Å². The number of nitrogens with zero attached hydrogens (tertiary/aromatic N) is 1. The summed E-state index contributed by atoms with van der Waals surface area (Å²) in [6.07, 6.45) is 0. The zero-order chi connectivity index (χ0) is 18.4. The van der Waals surface area contributed by atoms with Gasteiger partial charge in [-0.15, -0.1) is 0 Å². The normalized spacial score (nSPS) is 11.3. The lowest BCUT2D eigenvalue weighted by atomic mass is 9.96. The van der Waals surface area contributed by atoms with Crippen LogP contribution in [-0.4, -0.2) is 17.5 Å². The van der Waals surface area contributed by atoms with Gasteiger partial charge in [0.15, 0.2) is 0 Å². The molecule has 0 aliphatic carbocycles. The molecule has 0 fully saturated rings. The third-order valence-corrected chi connectivity index (χ3v) is 5.08. The molecule has 0 amide bonds. The lowest BCUT2D eigenvalue weighted by molar-refractivity contribution is 0.0603. The predicted molar refractivity (Wildman–Crippen MR) is 108 cm³/mol. The first-order chi connectivity index (χ1) is 13.3. The second kappa shape index (κ2) is 5.99. The highest BCUT2D eigenvalue weighted by atomic mass is 16.5. The van der Waals surface area contributed by atoms with Gasteiger partial charge < -0.3 is 9.14 Å². The summed E-state index contributed by atoms with van der Waals surface area (Å²) < 4.78 is 7.17. The lowest BCUT2D eigenvalue weighted by Crippen LogP contribution is -2.00. The number of carbonyl (C=O) groups excluding carboxylic acids is 1. The molecule has 0 spiro atoms. The molecular formula is C24H17NO2. The largest absolute Gasteiger partial charge is 0.465 e. The Morgan fingerprint density at radius 1 is 0.704 bits per heavy atom. The van der Waals surface area contributed by atoms with Gasteiger partial charge in [0.05, 0.1) is 29.2 Å². The first-order valence-corrected chi connectivity index (χ1v) is 8.88. The molecule has 3 heterocycles. The molecule has 0 aliphatic heterocycles. The summed E-state index contributed by atoms with van der Waals surface area (Å²) >= 11 is 0. The van der Waals surface area contributed by atoms with Crippen LogP contribution < -0.4 is 0 Å². The minimum Gasteiger partial charge on any atom is -0.465 e. The molecule has 0 saturated carbocycles. The minimum atomic E-state index is -0.313. The van der Waals surface area contributed by atoms with Crippen molar-refractivity contribution in [2.45, 2.75) is 0 Å². The second-order valence-corrected chi connectivity index (χ2v) is 6.55. The van der Waals surface area contributed by atoms with Crippen molar-refractivity contribution in [2.24, 2.45) is 0 Å². The van der Waals surface area contributed by atoms with Crippen LogP contribution in [0.4, 0.5) is 0 Å². The van der Waals surface area contributed by atoms with Gasteiger partial charge in [-0.05, 0) is 29.3 Å². The summed E-state index contributed by atoms with van der Waals surface area (Å²) in [6.45, 7) is 0. The highest BCUT2D eigenvalue weighted by Gasteiger charge is 2.24. The van der Waals surface area contributed by atoms with Gasteiger partial charge in [0, 0.05) is 11.1 Å². The number of ether oxygens (including phenoxy) is 1. The van der Waals surface area contributed by atoms with E-state index < -0.39 is 0 Å². The highest BCUT2D eigenvalue weighted by Crippen LogP contribution is 2.43. The summed E-state index contributed by atoms with van der Waals surface area (Å²) in [7, 11) is 1.42. The van der Waals surface area contributed by atoms with Gasteiger partial charge >= 0.3 is 5.97 Å². The van der Waals surface area contributed by atoms with Crippen LogP contribution in [0.3, 0.4) is 0 Å². The Morgan fingerprint density at radius 2 is 1.26 bits per heavy atom. The van der Waals surface area contributed by atoms with Gasteiger partial charge in [-0.3, -0.25) is 0 Å². The molecule has 0 unspecified atom stereocenters. The quantitative estimate of drug-likeness (QED) is 0.393. The number of carbonyl (C=O) groups is 1. The van der Waals surface area contributed by atoms with Crippen LogP contribution in [0.1, 0.15) is 10.4 Å². The maximum Gasteiger partial charge on any atom is 0.340 e. The molecule has 3 nitrogen and oxygen atoms in total. The maximum absolute atomic E-state index is 12.3. The van der Waals surface area contributed by atoms with E-state index in [1.54, 1.807) is 0 Å². The van der Waals surface area contributed by atoms with E-state index in [0.29, 0.717) is 5.56 Å². The molecule has 5 aromatic rings. The van der Waals surface area contributed by atoms with E-state index in [0.717, 1.165) is 33.2 Å². The molecule has 5 rings (SSSR count). The Morgan fingerprint density at radius 3 is 1.85 bits per heavy atom. The first kappa shape index (κ1) is 15.6. The van der Waals surface area contributed by atoms with Gasteiger partial charge in [0.25, 0.3) is 0 Å². The molecule has 3 aromatic heterocycles. The fraction of sp³-hybridized carbons (Fsp3) is 0.0417. The molecule has 0 aliphatic rings. The summed E-state index contributed by atoms with van der Waals surface area (Å²) in [6, 6.07) is 28.7. The average molecular weight is 351 g/mol. The van der Waals surface area contributed by atoms with Gasteiger partial charge in [-0.1, -0.05) is 66.7 Å². The molecule has 0 atom stereocenters. The smallest absolute Gasteiger partial charge is 0.340 e. The molecule has 130 valence electrons. The van der Waals surface area contributed by atoms with Crippen molar-refractivity contribution >= 4 is 22.5 Å². The van der Waals surface area contributed by atoms with Crippen LogP contribution >= 0.6 is 0 Å². The number of esters is 1. The van der Waals surface area contributed by atoms with E-state index in [2.05, 4.69) is 46.9 Å². The summed E-state index contributed by atoms with van der Waals surface area (Å²) in [5, 5.41) is 0. The Bertz CT molecular complexity index is 1250. The monoisotopic (exact) mass is 351 g/mol. The third kappa shape index (κ3) is 2.25. The fourth-order valence-corrected chi connectivity index (χ4v) is 3.96. The molecule has 0 N–H and O–H groups in total. The van der Waals surface area contributed by atoms with E-state index in [1.807, 2.05) is 42.5 Å². The van der Waals surface area contributed by atoms with Crippen molar-refractivity contribution in [3.63, 3.8) is 0 Å². The van der Waals surface area contributed by atoms with Crippen molar-refractivity contribution in [3.05, 3.63) is 90.5 Å². The van der Waals surface area contributed by atoms with Crippen LogP contribution in [-0.2, 0) is 4.74 Å². The first-order valence-electron chi connectivity index (χ1n) is 8.88. The summed E-state index contributed by atoms with van der Waals surface area (Å²) in [5.41, 5.74) is 8.17. The molecular weight excluding hydrogens is 334 g/mol. The summed E-state index contributed by atoms with van der Waals surface area (Å²) in [4.78, 5) is 12.3. The molecule has 3 heteroatoms. The zero-order valence-electron chi connectivity index (χ0n) is 14.8. The topological polar surface area (TPSA) is 30.7 Å². The number of aromatic nitrogens is 1. The van der Waals surface area contributed by atoms with Crippen molar-refractivity contribution in [1.29, 1.82) is 0 Å². The molecule has 0 bridgehead atoms. The number of hydrogen-bond donors (Lipinski definition) is 0. The molecule has 27 heavy (non-hydrogen) atoms. The number of benzene rings is 2. The zero-order valence-corrected chi connectivity index (χ0v) is 14.8. The fourth-order valence-electron chi connectivity index (χ4n) is 3.96. The SMILES string of the molecule is COC(=O)c1cc2c(-c3ccccc3)c(-c3ccccc3)c3cccc1n32. The molecule has 2 aromatic carbocycles. The third-order valence-electron chi connectivity index (χ3n) is 5.08. The molecule has 0 saturated heterocycles. The van der Waals surface area contributed by atoms with E-state index in [-0.39, 0.29) is 5.97 Å². The van der Waals surface area contributed by atoms with Gasteiger partial charge in [-0.25, -0.2) is 4.79 Å². The molecule has 0 radical (unpaired) electrons. The standard InChI is InChI=1S/C24H17NO2/c1-27-24(26)18-15-21-23(17-11-6-3-7-12-17)22(16-9-4-2-5-10-16)20-14-8-13-19(18)25(20)21/h2-15H,1H3. The van der Waals surface area contributed by atoms with Crippen LogP contribution in [0.25, 0.3) is 38.8 Å². The van der Waals surface area contributed by atoms with Crippen LogP contribution in [0.5, 0.6) is 0 Å². The Kier molecular flexibility index (Phi) is 3.47. The van der Waals surface area contributed by atoms with Gasteiger partial charge in [-0.2, -0.15) is 0 Å². The number of rotatable bonds is 3. The van der Waals surface area contributed by atoms with E-state index in [4.69, 9.17) is 4.74 Å². The number of methoxy groups -OCH3 is 1. The van der Waals surface area contributed by atoms with Crippen molar-refractivity contribution in [1.82, 2.24) is 4.40 Å². The summed E-state index contributed by atoms with van der Waals surface area (Å²) in [5.74, 6) is -0.313. The van der Waals surface area contributed by atoms with Crippen molar-refractivity contribution in [2.75, 3.05) is 7.11 Å². The Hall–Kier alpha value is -3.59. The minimum absolute atomic E-state index is 0.313. The van der Waals surface area contributed by atoms with Gasteiger partial charge in [0.1, 0.15) is 0 Å². The van der Waals surface area contributed by atoms with E-state index in [9.17, 15) is 4.79 Å². The average Bonchev–Trinajstić information content (AvgIpc) is 3.28. The van der Waals surface area contributed by atoms with E-state index in [1.165, 1.54) is 12.7 Å². The number of pyridine rings is 1. The predicted octanol–water partition coefficient (Wildman–Crippen LogP) is 5.65.